The number of nitrogens with zero attached hydrogens (tertiary/aromatic N) is 3. The van der Waals surface area contributed by atoms with E-state index in [9.17, 15) is 4.79 Å². The largest absolute Gasteiger partial charge is 0.345 e. The highest BCUT2D eigenvalue weighted by atomic mass is 16.5. The first-order valence-electron chi connectivity index (χ1n) is 7.43. The van der Waals surface area contributed by atoms with Crippen LogP contribution >= 0.6 is 0 Å². The Morgan fingerprint density at radius 2 is 2.15 bits per heavy atom. The number of aromatic nitrogens is 2. The molecule has 0 unspecified atom stereocenters. The maximum Gasteiger partial charge on any atom is 0.292 e. The summed E-state index contributed by atoms with van der Waals surface area (Å²) in [6, 6.07) is 0.666. The van der Waals surface area contributed by atoms with Gasteiger partial charge in [0.05, 0.1) is 0 Å². The summed E-state index contributed by atoms with van der Waals surface area (Å²) in [7, 11) is 0. The number of likely N-dealkylation sites (tertiary alicyclic amines) is 1. The van der Waals surface area contributed by atoms with Gasteiger partial charge in [0.15, 0.2) is 0 Å². The van der Waals surface area contributed by atoms with Crippen molar-refractivity contribution < 1.29 is 9.32 Å². The topological polar surface area (TPSA) is 71.3 Å². The Bertz CT molecular complexity index is 495. The van der Waals surface area contributed by atoms with E-state index in [1.807, 2.05) is 0 Å². The summed E-state index contributed by atoms with van der Waals surface area (Å²) in [5.41, 5.74) is 0. The molecule has 110 valence electrons. The average Bonchev–Trinajstić information content (AvgIpc) is 3.01. The molecule has 0 spiro atoms. The summed E-state index contributed by atoms with van der Waals surface area (Å²) in [5, 5.41) is 6.82. The first-order chi connectivity index (χ1) is 9.54. The quantitative estimate of drug-likeness (QED) is 0.901. The minimum atomic E-state index is -0.219. The molecular weight excluding hydrogens is 256 g/mol. The summed E-state index contributed by atoms with van der Waals surface area (Å²) in [6.07, 6.45) is 2.18. The van der Waals surface area contributed by atoms with Crippen molar-refractivity contribution in [2.24, 2.45) is 5.92 Å². The third-order valence-corrected chi connectivity index (χ3v) is 4.26. The van der Waals surface area contributed by atoms with Crippen molar-refractivity contribution in [3.8, 4) is 0 Å². The van der Waals surface area contributed by atoms with Gasteiger partial charge in [0.1, 0.15) is 0 Å². The van der Waals surface area contributed by atoms with Gasteiger partial charge in [-0.15, -0.1) is 0 Å². The van der Waals surface area contributed by atoms with Crippen LogP contribution < -0.4 is 5.32 Å². The van der Waals surface area contributed by atoms with Crippen molar-refractivity contribution >= 4 is 5.91 Å². The minimum absolute atomic E-state index is 0.160. The molecule has 0 aromatic carbocycles. The second-order valence-electron chi connectivity index (χ2n) is 6.34. The van der Waals surface area contributed by atoms with Crippen LogP contribution in [0.2, 0.25) is 0 Å². The van der Waals surface area contributed by atoms with E-state index in [1.165, 1.54) is 0 Å². The molecular formula is C14H22N4O2. The van der Waals surface area contributed by atoms with E-state index in [2.05, 4.69) is 41.1 Å². The predicted molar refractivity (Wildman–Crippen MR) is 73.4 cm³/mol. The molecule has 2 aliphatic rings. The molecule has 20 heavy (non-hydrogen) atoms. The van der Waals surface area contributed by atoms with E-state index in [1.54, 1.807) is 0 Å². The summed E-state index contributed by atoms with van der Waals surface area (Å²) in [5.74, 6) is 1.38. The second kappa shape index (κ2) is 5.16. The fourth-order valence-corrected chi connectivity index (χ4v) is 2.67. The van der Waals surface area contributed by atoms with Crippen LogP contribution in [0.4, 0.5) is 0 Å². The van der Waals surface area contributed by atoms with Crippen LogP contribution in [0.1, 0.15) is 56.0 Å². The van der Waals surface area contributed by atoms with Crippen molar-refractivity contribution in [2.45, 2.75) is 51.6 Å². The number of carbonyl (C=O) groups excluding carboxylic acids is 1. The molecule has 2 fully saturated rings. The van der Waals surface area contributed by atoms with E-state index < -0.39 is 0 Å². The lowest BCUT2D eigenvalue weighted by Gasteiger charge is -2.20. The molecule has 1 aromatic rings. The van der Waals surface area contributed by atoms with Crippen LogP contribution in [0.25, 0.3) is 0 Å². The minimum Gasteiger partial charge on any atom is -0.345 e. The van der Waals surface area contributed by atoms with Gasteiger partial charge in [-0.05, 0) is 32.6 Å². The van der Waals surface area contributed by atoms with Crippen LogP contribution in [-0.2, 0) is 0 Å². The molecule has 1 saturated carbocycles. The maximum atomic E-state index is 12.2. The molecule has 1 N–H and O–H groups in total. The highest BCUT2D eigenvalue weighted by molar-refractivity contribution is 5.90. The van der Waals surface area contributed by atoms with E-state index in [0.717, 1.165) is 25.9 Å². The number of hydrogen-bond donors (Lipinski definition) is 1. The Labute approximate surface area is 118 Å². The summed E-state index contributed by atoms with van der Waals surface area (Å²) < 4.78 is 5.13. The maximum absolute atomic E-state index is 12.2. The Hall–Kier alpha value is -1.43. The van der Waals surface area contributed by atoms with E-state index >= 15 is 0 Å². The SMILES string of the molecule is CC(C)N1C[C@H](NC(=O)c2noc(C3CC3)n2)[C@@H](C)C1. The number of amides is 1. The van der Waals surface area contributed by atoms with Gasteiger partial charge in [0.25, 0.3) is 11.7 Å². The van der Waals surface area contributed by atoms with Gasteiger partial charge in [-0.2, -0.15) is 4.98 Å². The summed E-state index contributed by atoms with van der Waals surface area (Å²) in [4.78, 5) is 18.7. The van der Waals surface area contributed by atoms with Gasteiger partial charge in [-0.1, -0.05) is 12.1 Å². The molecule has 1 saturated heterocycles. The Balaban J connectivity index is 1.60. The van der Waals surface area contributed by atoms with Crippen molar-refractivity contribution in [1.29, 1.82) is 0 Å². The van der Waals surface area contributed by atoms with Gasteiger partial charge < -0.3 is 9.84 Å². The Morgan fingerprint density at radius 3 is 2.75 bits per heavy atom. The number of rotatable bonds is 4. The number of hydrogen-bond acceptors (Lipinski definition) is 5. The van der Waals surface area contributed by atoms with Crippen LogP contribution in [0, 0.1) is 5.92 Å². The molecule has 1 amide bonds. The highest BCUT2D eigenvalue weighted by Crippen LogP contribution is 2.38. The number of carbonyl (C=O) groups is 1. The molecule has 6 heteroatoms. The predicted octanol–water partition coefficient (Wildman–Crippen LogP) is 1.41. The molecule has 0 bridgehead atoms. The molecule has 2 atom stereocenters. The molecule has 1 aliphatic heterocycles. The van der Waals surface area contributed by atoms with Crippen molar-refractivity contribution in [1.82, 2.24) is 20.4 Å². The fraction of sp³-hybridized carbons (Fsp3) is 0.786. The van der Waals surface area contributed by atoms with Gasteiger partial charge in [0.2, 0.25) is 5.89 Å². The van der Waals surface area contributed by atoms with Gasteiger partial charge >= 0.3 is 0 Å². The lowest BCUT2D eigenvalue weighted by atomic mass is 10.1. The van der Waals surface area contributed by atoms with Crippen molar-refractivity contribution in [3.63, 3.8) is 0 Å². The standard InChI is InChI=1S/C14H22N4O2/c1-8(2)18-6-9(3)11(7-18)15-13(19)12-16-14(20-17-12)10-4-5-10/h8-11H,4-7H2,1-3H3,(H,15,19)/t9-,11-/m0/s1. The van der Waals surface area contributed by atoms with E-state index in [-0.39, 0.29) is 17.8 Å². The lowest BCUT2D eigenvalue weighted by molar-refractivity contribution is 0.0917. The normalized spacial score (nSPS) is 27.2. The van der Waals surface area contributed by atoms with E-state index in [0.29, 0.717) is 23.8 Å². The first-order valence-corrected chi connectivity index (χ1v) is 7.43. The second-order valence-corrected chi connectivity index (χ2v) is 6.34. The molecule has 1 aliphatic carbocycles. The lowest BCUT2D eigenvalue weighted by Crippen LogP contribution is -2.40. The molecule has 6 nitrogen and oxygen atoms in total. The molecule has 2 heterocycles. The van der Waals surface area contributed by atoms with Gasteiger partial charge in [0, 0.05) is 31.1 Å². The zero-order valence-electron chi connectivity index (χ0n) is 12.3. The van der Waals surface area contributed by atoms with Crippen LogP contribution in [0.15, 0.2) is 4.52 Å². The zero-order chi connectivity index (χ0) is 14.3. The zero-order valence-corrected chi connectivity index (χ0v) is 12.3. The summed E-state index contributed by atoms with van der Waals surface area (Å²) >= 11 is 0. The Kier molecular flexibility index (Phi) is 3.50. The van der Waals surface area contributed by atoms with Crippen molar-refractivity contribution in [3.05, 3.63) is 11.7 Å². The van der Waals surface area contributed by atoms with Gasteiger partial charge in [-0.3, -0.25) is 9.69 Å². The summed E-state index contributed by atoms with van der Waals surface area (Å²) in [6.45, 7) is 8.43. The van der Waals surface area contributed by atoms with Crippen LogP contribution in [0.3, 0.4) is 0 Å². The van der Waals surface area contributed by atoms with Crippen molar-refractivity contribution in [2.75, 3.05) is 13.1 Å². The van der Waals surface area contributed by atoms with Crippen LogP contribution in [-0.4, -0.2) is 46.1 Å². The van der Waals surface area contributed by atoms with E-state index in [4.69, 9.17) is 4.52 Å². The Morgan fingerprint density at radius 1 is 1.40 bits per heavy atom. The highest BCUT2D eigenvalue weighted by Gasteiger charge is 2.34. The molecule has 1 aromatic heterocycles. The fourth-order valence-electron chi connectivity index (χ4n) is 2.67. The molecule has 3 rings (SSSR count). The molecule has 0 radical (unpaired) electrons. The average molecular weight is 278 g/mol. The third-order valence-electron chi connectivity index (χ3n) is 4.26. The smallest absolute Gasteiger partial charge is 0.292 e. The third kappa shape index (κ3) is 2.70. The first kappa shape index (κ1) is 13.5. The monoisotopic (exact) mass is 278 g/mol. The number of nitrogens with one attached hydrogen (secondary N) is 1. The van der Waals surface area contributed by atoms with Gasteiger partial charge in [-0.25, -0.2) is 0 Å². The van der Waals surface area contributed by atoms with Crippen LogP contribution in [0.5, 0.6) is 0 Å².